The van der Waals surface area contributed by atoms with E-state index in [1.165, 1.54) is 0 Å². The molecule has 0 saturated carbocycles. The smallest absolute Gasteiger partial charge is 0.119 e. The van der Waals surface area contributed by atoms with Gasteiger partial charge in [0.15, 0.2) is 0 Å². The molecule has 1 N–H and O–H groups in total. The van der Waals surface area contributed by atoms with E-state index in [4.69, 9.17) is 10.00 Å². The number of hydrogen-bond donors (Lipinski definition) is 1. The van der Waals surface area contributed by atoms with Crippen LogP contribution in [0.5, 0.6) is 5.75 Å². The van der Waals surface area contributed by atoms with E-state index in [-0.39, 0.29) is 5.92 Å². The third-order valence-corrected chi connectivity index (χ3v) is 2.66. The summed E-state index contributed by atoms with van der Waals surface area (Å²) in [5, 5.41) is 12.2. The maximum Gasteiger partial charge on any atom is 0.119 e. The van der Waals surface area contributed by atoms with Gasteiger partial charge in [0, 0.05) is 12.2 Å². The van der Waals surface area contributed by atoms with Crippen molar-refractivity contribution in [3.05, 3.63) is 24.3 Å². The van der Waals surface area contributed by atoms with Gasteiger partial charge in [-0.25, -0.2) is 0 Å². The zero-order valence-electron chi connectivity index (χ0n) is 10.7. The van der Waals surface area contributed by atoms with Crippen LogP contribution in [-0.4, -0.2) is 13.2 Å². The number of nitrogens with one attached hydrogen (secondary N) is 1. The van der Waals surface area contributed by atoms with Gasteiger partial charge in [0.25, 0.3) is 0 Å². The zero-order valence-corrected chi connectivity index (χ0v) is 10.7. The summed E-state index contributed by atoms with van der Waals surface area (Å²) in [5.74, 6) is 1.29. The van der Waals surface area contributed by atoms with Crippen LogP contribution in [0.25, 0.3) is 0 Å². The van der Waals surface area contributed by atoms with Crippen molar-refractivity contribution >= 4 is 5.69 Å². The SMILES string of the molecule is CCOc1ccc(NCC(C#N)C(C)C)cc1. The molecule has 0 aliphatic rings. The van der Waals surface area contributed by atoms with E-state index in [0.29, 0.717) is 19.1 Å². The Hall–Kier alpha value is -1.69. The first-order valence-electron chi connectivity index (χ1n) is 6.03. The van der Waals surface area contributed by atoms with Crippen LogP contribution in [0, 0.1) is 23.2 Å². The lowest BCUT2D eigenvalue weighted by atomic mass is 9.97. The van der Waals surface area contributed by atoms with Crippen molar-refractivity contribution in [1.29, 1.82) is 5.26 Å². The van der Waals surface area contributed by atoms with Crippen LogP contribution < -0.4 is 10.1 Å². The Bertz CT molecular complexity index is 365. The van der Waals surface area contributed by atoms with Gasteiger partial charge in [-0.2, -0.15) is 5.26 Å². The average Bonchev–Trinajstić information content (AvgIpc) is 2.32. The molecule has 1 aromatic rings. The molecule has 0 fully saturated rings. The Kier molecular flexibility index (Phi) is 5.35. The third-order valence-electron chi connectivity index (χ3n) is 2.66. The molecule has 0 heterocycles. The normalized spacial score (nSPS) is 11.9. The minimum atomic E-state index is 0.0431. The molecule has 3 heteroatoms. The Morgan fingerprint density at radius 2 is 1.94 bits per heavy atom. The van der Waals surface area contributed by atoms with Crippen LogP contribution in [0.3, 0.4) is 0 Å². The van der Waals surface area contributed by atoms with E-state index in [2.05, 4.69) is 25.2 Å². The number of ether oxygens (including phenoxy) is 1. The van der Waals surface area contributed by atoms with Gasteiger partial charge < -0.3 is 10.1 Å². The predicted molar refractivity (Wildman–Crippen MR) is 70.0 cm³/mol. The molecule has 1 aromatic carbocycles. The van der Waals surface area contributed by atoms with Crippen LogP contribution in [0.15, 0.2) is 24.3 Å². The molecule has 1 unspecified atom stereocenters. The van der Waals surface area contributed by atoms with Crippen molar-refractivity contribution in [1.82, 2.24) is 0 Å². The molecule has 0 aliphatic heterocycles. The second-order valence-electron chi connectivity index (χ2n) is 4.32. The quantitative estimate of drug-likeness (QED) is 0.818. The number of hydrogen-bond acceptors (Lipinski definition) is 3. The summed E-state index contributed by atoms with van der Waals surface area (Å²) < 4.78 is 5.37. The number of nitrogens with zero attached hydrogens (tertiary/aromatic N) is 1. The first-order chi connectivity index (χ1) is 8.17. The van der Waals surface area contributed by atoms with E-state index >= 15 is 0 Å². The fourth-order valence-electron chi connectivity index (χ4n) is 1.49. The number of benzene rings is 1. The highest BCUT2D eigenvalue weighted by Gasteiger charge is 2.11. The van der Waals surface area contributed by atoms with E-state index in [0.717, 1.165) is 11.4 Å². The van der Waals surface area contributed by atoms with Crippen molar-refractivity contribution in [2.24, 2.45) is 11.8 Å². The molecular weight excluding hydrogens is 212 g/mol. The molecule has 1 rings (SSSR count). The van der Waals surface area contributed by atoms with Gasteiger partial charge in [-0.15, -0.1) is 0 Å². The Morgan fingerprint density at radius 3 is 2.41 bits per heavy atom. The number of nitriles is 1. The summed E-state index contributed by atoms with van der Waals surface area (Å²) in [6, 6.07) is 10.1. The number of anilines is 1. The Balaban J connectivity index is 2.49. The van der Waals surface area contributed by atoms with Gasteiger partial charge in [0.05, 0.1) is 18.6 Å². The van der Waals surface area contributed by atoms with Gasteiger partial charge >= 0.3 is 0 Å². The van der Waals surface area contributed by atoms with Gasteiger partial charge in [-0.1, -0.05) is 13.8 Å². The maximum atomic E-state index is 8.98. The summed E-state index contributed by atoms with van der Waals surface area (Å²) in [4.78, 5) is 0. The molecule has 0 saturated heterocycles. The molecule has 0 spiro atoms. The molecule has 17 heavy (non-hydrogen) atoms. The minimum Gasteiger partial charge on any atom is -0.494 e. The van der Waals surface area contributed by atoms with Crippen LogP contribution in [-0.2, 0) is 0 Å². The number of rotatable bonds is 6. The highest BCUT2D eigenvalue weighted by atomic mass is 16.5. The lowest BCUT2D eigenvalue weighted by molar-refractivity contribution is 0.340. The van der Waals surface area contributed by atoms with Crippen molar-refractivity contribution in [2.75, 3.05) is 18.5 Å². The van der Waals surface area contributed by atoms with Crippen LogP contribution in [0.4, 0.5) is 5.69 Å². The van der Waals surface area contributed by atoms with Crippen molar-refractivity contribution in [3.8, 4) is 11.8 Å². The lowest BCUT2D eigenvalue weighted by Crippen LogP contribution is -2.17. The summed E-state index contributed by atoms with van der Waals surface area (Å²) in [5.41, 5.74) is 1.02. The monoisotopic (exact) mass is 232 g/mol. The first kappa shape index (κ1) is 13.4. The van der Waals surface area contributed by atoms with E-state index in [1.807, 2.05) is 31.2 Å². The minimum absolute atomic E-state index is 0.0431. The second-order valence-corrected chi connectivity index (χ2v) is 4.32. The van der Waals surface area contributed by atoms with E-state index < -0.39 is 0 Å². The zero-order chi connectivity index (χ0) is 12.7. The highest BCUT2D eigenvalue weighted by Crippen LogP contribution is 2.17. The summed E-state index contributed by atoms with van der Waals surface area (Å²) in [6.45, 7) is 7.45. The van der Waals surface area contributed by atoms with Crippen molar-refractivity contribution in [3.63, 3.8) is 0 Å². The van der Waals surface area contributed by atoms with Gasteiger partial charge in [0.1, 0.15) is 5.75 Å². The molecule has 0 aromatic heterocycles. The second kappa shape index (κ2) is 6.80. The van der Waals surface area contributed by atoms with Crippen LogP contribution >= 0.6 is 0 Å². The van der Waals surface area contributed by atoms with Gasteiger partial charge in [-0.05, 0) is 37.1 Å². The van der Waals surface area contributed by atoms with Gasteiger partial charge in [-0.3, -0.25) is 0 Å². The molecule has 1 atom stereocenters. The van der Waals surface area contributed by atoms with Crippen molar-refractivity contribution < 1.29 is 4.74 Å². The molecule has 0 amide bonds. The summed E-state index contributed by atoms with van der Waals surface area (Å²) in [7, 11) is 0. The van der Waals surface area contributed by atoms with E-state index in [1.54, 1.807) is 0 Å². The summed E-state index contributed by atoms with van der Waals surface area (Å²) >= 11 is 0. The third kappa shape index (κ3) is 4.36. The maximum absolute atomic E-state index is 8.98. The predicted octanol–water partition coefficient (Wildman–Crippen LogP) is 3.29. The first-order valence-corrected chi connectivity index (χ1v) is 6.03. The molecular formula is C14H20N2O. The largest absolute Gasteiger partial charge is 0.494 e. The molecule has 0 radical (unpaired) electrons. The van der Waals surface area contributed by atoms with E-state index in [9.17, 15) is 0 Å². The topological polar surface area (TPSA) is 45.0 Å². The molecule has 3 nitrogen and oxygen atoms in total. The fraction of sp³-hybridized carbons (Fsp3) is 0.500. The van der Waals surface area contributed by atoms with Crippen LogP contribution in [0.2, 0.25) is 0 Å². The molecule has 0 bridgehead atoms. The van der Waals surface area contributed by atoms with Crippen molar-refractivity contribution in [2.45, 2.75) is 20.8 Å². The summed E-state index contributed by atoms with van der Waals surface area (Å²) in [6.07, 6.45) is 0. The van der Waals surface area contributed by atoms with Crippen LogP contribution in [0.1, 0.15) is 20.8 Å². The Labute approximate surface area is 103 Å². The molecule has 0 aliphatic carbocycles. The average molecular weight is 232 g/mol. The lowest BCUT2D eigenvalue weighted by Gasteiger charge is -2.14. The standard InChI is InChI=1S/C14H20N2O/c1-4-17-14-7-5-13(6-8-14)16-10-12(9-15)11(2)3/h5-8,11-12,16H,4,10H2,1-3H3. The fourth-order valence-corrected chi connectivity index (χ4v) is 1.49. The molecule has 92 valence electrons. The van der Waals surface area contributed by atoms with Gasteiger partial charge in [0.2, 0.25) is 0 Å². The highest BCUT2D eigenvalue weighted by molar-refractivity contribution is 5.46. The Morgan fingerprint density at radius 1 is 1.29 bits per heavy atom.